The SMILES string of the molecule is Cn1c2ccccc2c2c(-c3ccc(-c4ccc(N(c5ccccc5)c5ccc6ccccc6c5)cc4)cc3)cccc21. The number of aromatic nitrogens is 1. The van der Waals surface area contributed by atoms with Crippen LogP contribution in [0.5, 0.6) is 0 Å². The lowest BCUT2D eigenvalue weighted by Crippen LogP contribution is -2.09. The molecule has 204 valence electrons. The van der Waals surface area contributed by atoms with Crippen molar-refractivity contribution in [3.63, 3.8) is 0 Å². The zero-order valence-corrected chi connectivity index (χ0v) is 24.0. The molecule has 0 bridgehead atoms. The number of benzene rings is 7. The van der Waals surface area contributed by atoms with Gasteiger partial charge in [0.05, 0.1) is 0 Å². The van der Waals surface area contributed by atoms with E-state index in [9.17, 15) is 0 Å². The molecule has 0 atom stereocenters. The van der Waals surface area contributed by atoms with Gasteiger partial charge in [0.1, 0.15) is 0 Å². The zero-order chi connectivity index (χ0) is 28.8. The van der Waals surface area contributed by atoms with Crippen molar-refractivity contribution < 1.29 is 0 Å². The summed E-state index contributed by atoms with van der Waals surface area (Å²) in [5.74, 6) is 0. The largest absolute Gasteiger partial charge is 0.344 e. The summed E-state index contributed by atoms with van der Waals surface area (Å²) in [6, 6.07) is 59.0. The molecule has 0 radical (unpaired) electrons. The normalized spacial score (nSPS) is 11.4. The van der Waals surface area contributed by atoms with Crippen LogP contribution in [0.15, 0.2) is 164 Å². The Hall–Kier alpha value is -5.60. The Balaban J connectivity index is 1.15. The van der Waals surface area contributed by atoms with Crippen molar-refractivity contribution in [2.75, 3.05) is 4.90 Å². The van der Waals surface area contributed by atoms with E-state index >= 15 is 0 Å². The van der Waals surface area contributed by atoms with Gasteiger partial charge in [-0.3, -0.25) is 0 Å². The molecular formula is C41H30N2. The van der Waals surface area contributed by atoms with Crippen LogP contribution < -0.4 is 4.90 Å². The van der Waals surface area contributed by atoms with E-state index in [1.54, 1.807) is 0 Å². The van der Waals surface area contributed by atoms with E-state index in [0.717, 1.165) is 17.1 Å². The smallest absolute Gasteiger partial charge is 0.0495 e. The summed E-state index contributed by atoms with van der Waals surface area (Å²) >= 11 is 0. The molecule has 2 nitrogen and oxygen atoms in total. The highest BCUT2D eigenvalue weighted by Gasteiger charge is 2.15. The number of aryl methyl sites for hydroxylation is 1. The van der Waals surface area contributed by atoms with Crippen LogP contribution in [0.25, 0.3) is 54.8 Å². The van der Waals surface area contributed by atoms with Crippen molar-refractivity contribution in [1.29, 1.82) is 0 Å². The quantitative estimate of drug-likeness (QED) is 0.207. The minimum Gasteiger partial charge on any atom is -0.344 e. The Labute approximate surface area is 251 Å². The lowest BCUT2D eigenvalue weighted by molar-refractivity contribution is 1.01. The molecule has 8 aromatic rings. The Morgan fingerprint density at radius 1 is 0.419 bits per heavy atom. The average Bonchev–Trinajstić information content (AvgIpc) is 3.37. The van der Waals surface area contributed by atoms with Gasteiger partial charge in [-0.2, -0.15) is 0 Å². The Morgan fingerprint density at radius 2 is 1.00 bits per heavy atom. The van der Waals surface area contributed by atoms with Crippen LogP contribution >= 0.6 is 0 Å². The first-order valence-corrected chi connectivity index (χ1v) is 14.8. The summed E-state index contributed by atoms with van der Waals surface area (Å²) in [6.45, 7) is 0. The Bertz CT molecular complexity index is 2220. The van der Waals surface area contributed by atoms with Crippen molar-refractivity contribution in [2.45, 2.75) is 0 Å². The highest BCUT2D eigenvalue weighted by Crippen LogP contribution is 2.39. The monoisotopic (exact) mass is 550 g/mol. The second kappa shape index (κ2) is 10.3. The Kier molecular flexibility index (Phi) is 6.05. The summed E-state index contributed by atoms with van der Waals surface area (Å²) in [5.41, 5.74) is 10.8. The van der Waals surface area contributed by atoms with Gasteiger partial charge in [0.25, 0.3) is 0 Å². The van der Waals surface area contributed by atoms with Gasteiger partial charge >= 0.3 is 0 Å². The number of fused-ring (bicyclic) bond motifs is 4. The highest BCUT2D eigenvalue weighted by atomic mass is 15.1. The molecule has 1 heterocycles. The summed E-state index contributed by atoms with van der Waals surface area (Å²) < 4.78 is 2.29. The molecular weight excluding hydrogens is 520 g/mol. The van der Waals surface area contributed by atoms with E-state index in [-0.39, 0.29) is 0 Å². The zero-order valence-electron chi connectivity index (χ0n) is 24.0. The summed E-state index contributed by atoms with van der Waals surface area (Å²) in [7, 11) is 2.15. The second-order valence-electron chi connectivity index (χ2n) is 11.1. The van der Waals surface area contributed by atoms with Gasteiger partial charge in [-0.25, -0.2) is 0 Å². The summed E-state index contributed by atoms with van der Waals surface area (Å²) in [5, 5.41) is 5.09. The van der Waals surface area contributed by atoms with Gasteiger partial charge in [0.15, 0.2) is 0 Å². The first-order chi connectivity index (χ1) is 21.2. The number of para-hydroxylation sites is 2. The van der Waals surface area contributed by atoms with Crippen molar-refractivity contribution in [1.82, 2.24) is 4.57 Å². The van der Waals surface area contributed by atoms with Gasteiger partial charge in [0.2, 0.25) is 0 Å². The summed E-state index contributed by atoms with van der Waals surface area (Å²) in [4.78, 5) is 2.32. The van der Waals surface area contributed by atoms with Crippen LogP contribution in [-0.2, 0) is 7.05 Å². The molecule has 1 aromatic heterocycles. The van der Waals surface area contributed by atoms with E-state index in [4.69, 9.17) is 0 Å². The molecule has 0 aliphatic heterocycles. The number of rotatable bonds is 5. The number of hydrogen-bond donors (Lipinski definition) is 0. The summed E-state index contributed by atoms with van der Waals surface area (Å²) in [6.07, 6.45) is 0. The van der Waals surface area contributed by atoms with E-state index in [1.807, 2.05) is 0 Å². The molecule has 8 rings (SSSR count). The minimum absolute atomic E-state index is 1.13. The molecule has 0 aliphatic rings. The molecule has 0 spiro atoms. The fourth-order valence-electron chi connectivity index (χ4n) is 6.44. The molecule has 0 unspecified atom stereocenters. The maximum Gasteiger partial charge on any atom is 0.0495 e. The molecule has 7 aromatic carbocycles. The second-order valence-corrected chi connectivity index (χ2v) is 11.1. The molecule has 0 saturated heterocycles. The molecule has 0 aliphatic carbocycles. The van der Waals surface area contributed by atoms with E-state index < -0.39 is 0 Å². The van der Waals surface area contributed by atoms with Gasteiger partial charge < -0.3 is 9.47 Å². The van der Waals surface area contributed by atoms with Crippen molar-refractivity contribution in [3.8, 4) is 22.3 Å². The Morgan fingerprint density at radius 3 is 1.79 bits per heavy atom. The van der Waals surface area contributed by atoms with E-state index in [1.165, 1.54) is 54.8 Å². The third-order valence-electron chi connectivity index (χ3n) is 8.60. The van der Waals surface area contributed by atoms with Crippen molar-refractivity contribution in [3.05, 3.63) is 164 Å². The van der Waals surface area contributed by atoms with Crippen LogP contribution in [0.1, 0.15) is 0 Å². The maximum absolute atomic E-state index is 2.32. The molecule has 2 heteroatoms. The number of nitrogens with zero attached hydrogens (tertiary/aromatic N) is 2. The van der Waals surface area contributed by atoms with Crippen LogP contribution in [-0.4, -0.2) is 4.57 Å². The molecule has 0 saturated carbocycles. The fraction of sp³-hybridized carbons (Fsp3) is 0.0244. The lowest BCUT2D eigenvalue weighted by Gasteiger charge is -2.26. The van der Waals surface area contributed by atoms with Gasteiger partial charge in [-0.15, -0.1) is 0 Å². The third-order valence-corrected chi connectivity index (χ3v) is 8.60. The van der Waals surface area contributed by atoms with Crippen LogP contribution in [0.4, 0.5) is 17.1 Å². The predicted octanol–water partition coefficient (Wildman–Crippen LogP) is 11.3. The topological polar surface area (TPSA) is 8.17 Å². The standard InChI is InChI=1S/C41H30N2/c1-42-39-16-8-7-14-38(39)41-37(15-9-17-40(41)42)32-20-18-30(19-21-32)31-22-25-35(26-23-31)43(34-12-3-2-4-13-34)36-27-24-29-10-5-6-11-33(29)28-36/h2-28H,1H3. The molecule has 0 fully saturated rings. The number of hydrogen-bond acceptors (Lipinski definition) is 1. The van der Waals surface area contributed by atoms with Crippen LogP contribution in [0.3, 0.4) is 0 Å². The van der Waals surface area contributed by atoms with Gasteiger partial charge in [-0.05, 0) is 81.6 Å². The average molecular weight is 551 g/mol. The molecule has 0 N–H and O–H groups in total. The van der Waals surface area contributed by atoms with Crippen molar-refractivity contribution >= 4 is 49.6 Å². The molecule has 43 heavy (non-hydrogen) atoms. The first-order valence-electron chi connectivity index (χ1n) is 14.8. The van der Waals surface area contributed by atoms with Crippen LogP contribution in [0, 0.1) is 0 Å². The van der Waals surface area contributed by atoms with E-state index in [0.29, 0.717) is 0 Å². The molecule has 0 amide bonds. The first kappa shape index (κ1) is 25.1. The maximum atomic E-state index is 2.32. The third kappa shape index (κ3) is 4.36. The van der Waals surface area contributed by atoms with Gasteiger partial charge in [0, 0.05) is 45.9 Å². The van der Waals surface area contributed by atoms with Crippen molar-refractivity contribution in [2.24, 2.45) is 7.05 Å². The fourth-order valence-corrected chi connectivity index (χ4v) is 6.44. The lowest BCUT2D eigenvalue weighted by atomic mass is 9.97. The van der Waals surface area contributed by atoms with E-state index in [2.05, 4.69) is 180 Å². The van der Waals surface area contributed by atoms with Crippen LogP contribution in [0.2, 0.25) is 0 Å². The highest BCUT2D eigenvalue weighted by molar-refractivity contribution is 6.14. The minimum atomic E-state index is 1.13. The van der Waals surface area contributed by atoms with Gasteiger partial charge in [-0.1, -0.05) is 115 Å². The number of anilines is 3. The predicted molar refractivity (Wildman–Crippen MR) is 183 cm³/mol.